The fourth-order valence-corrected chi connectivity index (χ4v) is 2.35. The molecule has 0 heterocycles. The van der Waals surface area contributed by atoms with Gasteiger partial charge in [-0.1, -0.05) is 70.1 Å². The normalized spacial score (nSPS) is 13.2. The monoisotopic (exact) mass is 312 g/mol. The van der Waals surface area contributed by atoms with Crippen LogP contribution in [-0.4, -0.2) is 22.4 Å². The van der Waals surface area contributed by atoms with Gasteiger partial charge >= 0.3 is 5.97 Å². The Morgan fingerprint density at radius 2 is 1.64 bits per heavy atom. The second-order valence-corrected chi connectivity index (χ2v) is 5.69. The van der Waals surface area contributed by atoms with Gasteiger partial charge in [-0.15, -0.1) is 0 Å². The molecule has 1 unspecified atom stereocenters. The molecule has 0 aliphatic carbocycles. The molecule has 1 atom stereocenters. The van der Waals surface area contributed by atoms with E-state index in [0.717, 1.165) is 44.6 Å². The molecule has 0 aliphatic heterocycles. The lowest BCUT2D eigenvalue weighted by molar-refractivity contribution is -0.281. The average molecular weight is 312 g/mol. The van der Waals surface area contributed by atoms with Gasteiger partial charge in [0.05, 0.1) is 6.10 Å². The van der Waals surface area contributed by atoms with Crippen molar-refractivity contribution >= 4 is 5.97 Å². The van der Waals surface area contributed by atoms with Gasteiger partial charge in [0.25, 0.3) is 0 Å². The number of carbonyl (C=O) groups is 1. The van der Waals surface area contributed by atoms with E-state index in [1.54, 1.807) is 12.2 Å². The van der Waals surface area contributed by atoms with Crippen LogP contribution in [0.25, 0.3) is 0 Å². The van der Waals surface area contributed by atoms with Crippen molar-refractivity contribution in [2.24, 2.45) is 0 Å². The molecule has 2 N–H and O–H groups in total. The zero-order valence-electron chi connectivity index (χ0n) is 13.9. The highest BCUT2D eigenvalue weighted by molar-refractivity contribution is 5.80. The molecule has 0 aromatic heterocycles. The minimum atomic E-state index is -0.912. The van der Waals surface area contributed by atoms with Crippen molar-refractivity contribution < 1.29 is 20.0 Å². The fourth-order valence-electron chi connectivity index (χ4n) is 2.35. The van der Waals surface area contributed by atoms with Crippen LogP contribution in [0.2, 0.25) is 0 Å². The molecular weight excluding hydrogens is 280 g/mol. The van der Waals surface area contributed by atoms with Crippen LogP contribution in [-0.2, 0) is 9.68 Å². The summed E-state index contributed by atoms with van der Waals surface area (Å²) in [6.07, 6.45) is 18.7. The number of aliphatic carboxylic acids is 1. The van der Waals surface area contributed by atoms with Crippen LogP contribution in [0.5, 0.6) is 0 Å². The highest BCUT2D eigenvalue weighted by Crippen LogP contribution is 2.14. The Balaban J connectivity index is 3.39. The van der Waals surface area contributed by atoms with Gasteiger partial charge in [0, 0.05) is 6.08 Å². The molecule has 4 heteroatoms. The Labute approximate surface area is 134 Å². The first-order valence-corrected chi connectivity index (χ1v) is 8.57. The van der Waals surface area contributed by atoms with Crippen LogP contribution >= 0.6 is 0 Å². The quantitative estimate of drug-likeness (QED) is 0.141. The lowest BCUT2D eigenvalue weighted by Gasteiger charge is -2.12. The number of hydrogen-bond acceptors (Lipinski definition) is 3. The minimum absolute atomic E-state index is 0.00973. The van der Waals surface area contributed by atoms with Crippen molar-refractivity contribution in [3.8, 4) is 0 Å². The number of rotatable bonds is 15. The summed E-state index contributed by atoms with van der Waals surface area (Å²) >= 11 is 0. The Kier molecular flexibility index (Phi) is 15.4. The Bertz CT molecular complexity index is 310. The van der Waals surface area contributed by atoms with E-state index in [-0.39, 0.29) is 6.10 Å². The smallest absolute Gasteiger partial charge is 0.328 e. The summed E-state index contributed by atoms with van der Waals surface area (Å²) < 4.78 is 0. The maximum atomic E-state index is 10.2. The van der Waals surface area contributed by atoms with E-state index in [1.807, 2.05) is 6.08 Å². The van der Waals surface area contributed by atoms with E-state index in [4.69, 9.17) is 10.4 Å². The van der Waals surface area contributed by atoms with E-state index in [1.165, 1.54) is 32.1 Å². The maximum Gasteiger partial charge on any atom is 0.328 e. The first-order chi connectivity index (χ1) is 10.7. The topological polar surface area (TPSA) is 66.8 Å². The summed E-state index contributed by atoms with van der Waals surface area (Å²) in [5.74, 6) is -0.912. The van der Waals surface area contributed by atoms with Crippen LogP contribution < -0.4 is 0 Å². The third kappa shape index (κ3) is 15.3. The second-order valence-electron chi connectivity index (χ2n) is 5.69. The number of unbranched alkanes of at least 4 members (excludes halogenated alkanes) is 7. The molecular formula is C18H32O4. The first-order valence-electron chi connectivity index (χ1n) is 8.57. The molecule has 128 valence electrons. The van der Waals surface area contributed by atoms with Gasteiger partial charge < -0.3 is 5.11 Å². The van der Waals surface area contributed by atoms with Gasteiger partial charge in [-0.3, -0.25) is 5.26 Å². The Hall–Kier alpha value is -1.13. The molecule has 0 spiro atoms. The lowest BCUT2D eigenvalue weighted by Crippen LogP contribution is -2.10. The molecule has 0 aromatic carbocycles. The van der Waals surface area contributed by atoms with E-state index in [2.05, 4.69) is 11.8 Å². The van der Waals surface area contributed by atoms with Crippen LogP contribution in [0.15, 0.2) is 24.3 Å². The van der Waals surface area contributed by atoms with E-state index >= 15 is 0 Å². The predicted octanol–water partition coefficient (Wildman–Crippen LogP) is 5.35. The summed E-state index contributed by atoms with van der Waals surface area (Å²) in [5, 5.41) is 17.3. The number of allylic oxidation sites excluding steroid dienone is 3. The van der Waals surface area contributed by atoms with Crippen LogP contribution in [0, 0.1) is 0 Å². The summed E-state index contributed by atoms with van der Waals surface area (Å²) in [4.78, 5) is 14.8. The van der Waals surface area contributed by atoms with Gasteiger partial charge in [-0.05, 0) is 25.7 Å². The molecule has 4 nitrogen and oxygen atoms in total. The van der Waals surface area contributed by atoms with Crippen LogP contribution in [0.4, 0.5) is 0 Å². The highest BCUT2D eigenvalue weighted by Gasteiger charge is 2.07. The standard InChI is InChI=1S/C18H32O4/c1-2-3-11-14-17(22-21)15-12-9-7-5-4-6-8-10-13-16-18(19)20/h8,10,13,16-17,21H,2-7,9,11-12,14-15H2,1H3,(H,19,20). The van der Waals surface area contributed by atoms with Crippen molar-refractivity contribution in [3.63, 3.8) is 0 Å². The second kappa shape index (κ2) is 16.2. The van der Waals surface area contributed by atoms with E-state index in [0.29, 0.717) is 0 Å². The third-order valence-electron chi connectivity index (χ3n) is 3.66. The number of carboxylic acid groups (broad SMARTS) is 1. The Morgan fingerprint density at radius 3 is 2.27 bits per heavy atom. The SMILES string of the molecule is CCCCCC(CCCCCCCC=CC=CC(=O)O)OO. The van der Waals surface area contributed by atoms with Crippen molar-refractivity contribution in [2.75, 3.05) is 0 Å². The van der Waals surface area contributed by atoms with Crippen molar-refractivity contribution in [3.05, 3.63) is 24.3 Å². The van der Waals surface area contributed by atoms with Crippen molar-refractivity contribution in [2.45, 2.75) is 83.7 Å². The number of carboxylic acids is 1. The number of hydrogen-bond donors (Lipinski definition) is 2. The molecule has 0 fully saturated rings. The zero-order chi connectivity index (χ0) is 16.5. The summed E-state index contributed by atoms with van der Waals surface area (Å²) in [6, 6.07) is 0. The van der Waals surface area contributed by atoms with Gasteiger partial charge in [0.2, 0.25) is 0 Å². The summed E-state index contributed by atoms with van der Waals surface area (Å²) in [7, 11) is 0. The lowest BCUT2D eigenvalue weighted by atomic mass is 10.0. The molecule has 0 saturated heterocycles. The molecule has 0 aliphatic rings. The highest BCUT2D eigenvalue weighted by atomic mass is 17.1. The third-order valence-corrected chi connectivity index (χ3v) is 3.66. The first kappa shape index (κ1) is 20.9. The summed E-state index contributed by atoms with van der Waals surface area (Å²) in [5.41, 5.74) is 0. The van der Waals surface area contributed by atoms with Gasteiger partial charge in [-0.25, -0.2) is 9.68 Å². The van der Waals surface area contributed by atoms with Gasteiger partial charge in [0.1, 0.15) is 0 Å². The van der Waals surface area contributed by atoms with Gasteiger partial charge in [0.15, 0.2) is 0 Å². The van der Waals surface area contributed by atoms with Crippen molar-refractivity contribution in [1.82, 2.24) is 0 Å². The molecule has 0 rings (SSSR count). The zero-order valence-corrected chi connectivity index (χ0v) is 13.9. The van der Waals surface area contributed by atoms with E-state index < -0.39 is 5.97 Å². The summed E-state index contributed by atoms with van der Waals surface area (Å²) in [6.45, 7) is 2.17. The average Bonchev–Trinajstić information content (AvgIpc) is 2.50. The van der Waals surface area contributed by atoms with Crippen LogP contribution in [0.3, 0.4) is 0 Å². The molecule has 0 aromatic rings. The van der Waals surface area contributed by atoms with Gasteiger partial charge in [-0.2, -0.15) is 0 Å². The molecule has 0 saturated carbocycles. The largest absolute Gasteiger partial charge is 0.478 e. The molecule has 22 heavy (non-hydrogen) atoms. The van der Waals surface area contributed by atoms with Crippen molar-refractivity contribution in [1.29, 1.82) is 0 Å². The molecule has 0 amide bonds. The maximum absolute atomic E-state index is 10.2. The minimum Gasteiger partial charge on any atom is -0.478 e. The molecule has 0 bridgehead atoms. The molecule has 0 radical (unpaired) electrons. The predicted molar refractivity (Wildman–Crippen MR) is 89.9 cm³/mol. The fraction of sp³-hybridized carbons (Fsp3) is 0.722. The van der Waals surface area contributed by atoms with Crippen LogP contribution in [0.1, 0.15) is 77.6 Å². The Morgan fingerprint density at radius 1 is 1.00 bits per heavy atom. The van der Waals surface area contributed by atoms with E-state index in [9.17, 15) is 4.79 Å².